The van der Waals surface area contributed by atoms with Crippen LogP contribution < -0.4 is 0 Å². The van der Waals surface area contributed by atoms with Crippen molar-refractivity contribution in [2.45, 2.75) is 0 Å². The van der Waals surface area contributed by atoms with Gasteiger partial charge in [0.15, 0.2) is 0 Å². The highest BCUT2D eigenvalue weighted by Crippen LogP contribution is 2.22. The number of carbonyl (C=O) groups is 1. The fourth-order valence-corrected chi connectivity index (χ4v) is 1.53. The van der Waals surface area contributed by atoms with Gasteiger partial charge in [0.05, 0.1) is 17.4 Å². The summed E-state index contributed by atoms with van der Waals surface area (Å²) in [4.78, 5) is 17.8. The average Bonchev–Trinajstić information content (AvgIpc) is 2.49. The van der Waals surface area contributed by atoms with Crippen LogP contribution in [0, 0.1) is 0 Å². The number of aromatic nitrogens is 2. The second kappa shape index (κ2) is 3.01. The molecule has 0 saturated heterocycles. The molecule has 1 aromatic heterocycles. The molecule has 0 fully saturated rings. The molecule has 2 aromatic rings. The number of imidazole rings is 1. The fraction of sp³-hybridized carbons (Fsp3) is 0. The maximum Gasteiger partial charge on any atom is 0.254 e. The summed E-state index contributed by atoms with van der Waals surface area (Å²) in [5.74, 6) is 0. The molecule has 0 bridgehead atoms. The maximum absolute atomic E-state index is 11.0. The molecular formula is C8H4Cl2N2O. The molecule has 13 heavy (non-hydrogen) atoms. The van der Waals surface area contributed by atoms with E-state index in [1.165, 1.54) is 12.4 Å². The van der Waals surface area contributed by atoms with Crippen LogP contribution in [-0.2, 0) is 0 Å². The van der Waals surface area contributed by atoms with Crippen molar-refractivity contribution < 1.29 is 4.79 Å². The highest BCUT2D eigenvalue weighted by Gasteiger charge is 2.10. The molecule has 0 spiro atoms. The van der Waals surface area contributed by atoms with E-state index >= 15 is 0 Å². The molecule has 1 N–H and O–H groups in total. The summed E-state index contributed by atoms with van der Waals surface area (Å²) in [6, 6.07) is 3.19. The number of rotatable bonds is 1. The van der Waals surface area contributed by atoms with Crippen molar-refractivity contribution in [2.75, 3.05) is 0 Å². The van der Waals surface area contributed by atoms with E-state index in [2.05, 4.69) is 9.97 Å². The minimum Gasteiger partial charge on any atom is -0.345 e. The Morgan fingerprint density at radius 2 is 2.23 bits per heavy atom. The standard InChI is InChI=1S/C8H4Cl2N2O/c9-4-1-5(8(10)13)7-6(2-4)11-3-12-7/h1-3H,(H,11,12). The van der Waals surface area contributed by atoms with Crippen molar-refractivity contribution >= 4 is 39.5 Å². The third kappa shape index (κ3) is 1.41. The zero-order valence-corrected chi connectivity index (χ0v) is 7.86. The first kappa shape index (κ1) is 8.53. The topological polar surface area (TPSA) is 45.8 Å². The first-order chi connectivity index (χ1) is 6.18. The SMILES string of the molecule is O=C(Cl)c1cc(Cl)cc2[nH]cnc12. The van der Waals surface area contributed by atoms with Gasteiger partial charge < -0.3 is 4.98 Å². The molecule has 0 aliphatic heterocycles. The summed E-state index contributed by atoms with van der Waals surface area (Å²) in [5.41, 5.74) is 1.58. The van der Waals surface area contributed by atoms with Gasteiger partial charge in [-0.3, -0.25) is 4.79 Å². The lowest BCUT2D eigenvalue weighted by Crippen LogP contribution is -1.90. The molecule has 5 heteroatoms. The van der Waals surface area contributed by atoms with Gasteiger partial charge in [0.1, 0.15) is 5.52 Å². The summed E-state index contributed by atoms with van der Waals surface area (Å²) in [6.07, 6.45) is 1.49. The second-order valence-corrected chi connectivity index (χ2v) is 3.31. The smallest absolute Gasteiger partial charge is 0.254 e. The lowest BCUT2D eigenvalue weighted by molar-refractivity contribution is 0.108. The Morgan fingerprint density at radius 1 is 1.46 bits per heavy atom. The van der Waals surface area contributed by atoms with E-state index in [0.29, 0.717) is 21.6 Å². The second-order valence-electron chi connectivity index (χ2n) is 2.53. The molecule has 0 atom stereocenters. The van der Waals surface area contributed by atoms with E-state index < -0.39 is 5.24 Å². The van der Waals surface area contributed by atoms with Gasteiger partial charge in [0.2, 0.25) is 0 Å². The van der Waals surface area contributed by atoms with Crippen molar-refractivity contribution in [3.05, 3.63) is 29.0 Å². The Balaban J connectivity index is 2.84. The number of nitrogens with zero attached hydrogens (tertiary/aromatic N) is 1. The summed E-state index contributed by atoms with van der Waals surface area (Å²) < 4.78 is 0. The van der Waals surface area contributed by atoms with Crippen LogP contribution in [0.2, 0.25) is 5.02 Å². The number of benzene rings is 1. The predicted molar refractivity (Wildman–Crippen MR) is 51.3 cm³/mol. The predicted octanol–water partition coefficient (Wildman–Crippen LogP) is 2.60. The zero-order chi connectivity index (χ0) is 9.42. The molecule has 0 aliphatic rings. The van der Waals surface area contributed by atoms with Crippen LogP contribution in [-0.4, -0.2) is 15.2 Å². The van der Waals surface area contributed by atoms with Gasteiger partial charge in [0, 0.05) is 5.02 Å². The Morgan fingerprint density at radius 3 is 2.92 bits per heavy atom. The summed E-state index contributed by atoms with van der Waals surface area (Å²) in [6.45, 7) is 0. The average molecular weight is 215 g/mol. The summed E-state index contributed by atoms with van der Waals surface area (Å²) >= 11 is 11.1. The van der Waals surface area contributed by atoms with E-state index in [1.54, 1.807) is 6.07 Å². The lowest BCUT2D eigenvalue weighted by Gasteiger charge is -1.96. The minimum absolute atomic E-state index is 0.324. The van der Waals surface area contributed by atoms with Gasteiger partial charge in [-0.1, -0.05) is 11.6 Å². The summed E-state index contributed by atoms with van der Waals surface area (Å²) in [7, 11) is 0. The molecule has 3 nitrogen and oxygen atoms in total. The Bertz CT molecular complexity index is 478. The number of hydrogen-bond acceptors (Lipinski definition) is 2. The van der Waals surface area contributed by atoms with Crippen LogP contribution in [0.25, 0.3) is 11.0 Å². The van der Waals surface area contributed by atoms with Gasteiger partial charge in [-0.25, -0.2) is 4.98 Å². The fourth-order valence-electron chi connectivity index (χ4n) is 1.16. The number of fused-ring (bicyclic) bond motifs is 1. The van der Waals surface area contributed by atoms with Gasteiger partial charge in [-0.05, 0) is 23.7 Å². The highest BCUT2D eigenvalue weighted by molar-refractivity contribution is 6.68. The molecule has 0 amide bonds. The molecule has 1 aromatic carbocycles. The van der Waals surface area contributed by atoms with Crippen LogP contribution in [0.5, 0.6) is 0 Å². The number of nitrogens with one attached hydrogen (secondary N) is 1. The number of aromatic amines is 1. The lowest BCUT2D eigenvalue weighted by atomic mass is 10.2. The van der Waals surface area contributed by atoms with Crippen molar-refractivity contribution in [2.24, 2.45) is 0 Å². The zero-order valence-electron chi connectivity index (χ0n) is 6.34. The van der Waals surface area contributed by atoms with Crippen LogP contribution in [0.3, 0.4) is 0 Å². The van der Waals surface area contributed by atoms with E-state index in [4.69, 9.17) is 23.2 Å². The van der Waals surface area contributed by atoms with E-state index in [1.807, 2.05) is 0 Å². The molecule has 2 rings (SSSR count). The normalized spacial score (nSPS) is 10.6. The molecular weight excluding hydrogens is 211 g/mol. The number of hydrogen-bond donors (Lipinski definition) is 1. The Kier molecular flexibility index (Phi) is 1.98. The largest absolute Gasteiger partial charge is 0.345 e. The van der Waals surface area contributed by atoms with Crippen molar-refractivity contribution in [1.29, 1.82) is 0 Å². The van der Waals surface area contributed by atoms with Gasteiger partial charge in [-0.15, -0.1) is 0 Å². The van der Waals surface area contributed by atoms with E-state index in [9.17, 15) is 4.79 Å². The third-order valence-corrected chi connectivity index (χ3v) is 2.12. The van der Waals surface area contributed by atoms with E-state index in [-0.39, 0.29) is 0 Å². The quantitative estimate of drug-likeness (QED) is 0.743. The van der Waals surface area contributed by atoms with Crippen molar-refractivity contribution in [3.63, 3.8) is 0 Å². The monoisotopic (exact) mass is 214 g/mol. The third-order valence-electron chi connectivity index (χ3n) is 1.70. The number of H-pyrrole nitrogens is 1. The molecule has 0 saturated carbocycles. The van der Waals surface area contributed by atoms with Crippen LogP contribution in [0.1, 0.15) is 10.4 Å². The van der Waals surface area contributed by atoms with Crippen LogP contribution in [0.15, 0.2) is 18.5 Å². The van der Waals surface area contributed by atoms with Crippen LogP contribution >= 0.6 is 23.2 Å². The van der Waals surface area contributed by atoms with Crippen molar-refractivity contribution in [3.8, 4) is 0 Å². The molecule has 0 unspecified atom stereocenters. The number of halogens is 2. The van der Waals surface area contributed by atoms with Gasteiger partial charge in [0.25, 0.3) is 5.24 Å². The van der Waals surface area contributed by atoms with Crippen molar-refractivity contribution in [1.82, 2.24) is 9.97 Å². The molecule has 66 valence electrons. The minimum atomic E-state index is -0.556. The number of carbonyl (C=O) groups excluding carboxylic acids is 1. The maximum atomic E-state index is 11.0. The van der Waals surface area contributed by atoms with Gasteiger partial charge >= 0.3 is 0 Å². The highest BCUT2D eigenvalue weighted by atomic mass is 35.5. The van der Waals surface area contributed by atoms with E-state index in [0.717, 1.165) is 0 Å². The summed E-state index contributed by atoms with van der Waals surface area (Å²) in [5, 5.41) is -0.0969. The van der Waals surface area contributed by atoms with Crippen LogP contribution in [0.4, 0.5) is 0 Å². The first-order valence-corrected chi connectivity index (χ1v) is 4.26. The molecule has 0 aliphatic carbocycles. The molecule has 0 radical (unpaired) electrons. The molecule has 1 heterocycles. The Labute approximate surface area is 83.7 Å². The Hall–Kier alpha value is -1.06. The first-order valence-electron chi connectivity index (χ1n) is 3.51. The van der Waals surface area contributed by atoms with Gasteiger partial charge in [-0.2, -0.15) is 0 Å².